The molecular weight excluding hydrogens is 711 g/mol. The first kappa shape index (κ1) is 34.9. The average Bonchev–Trinajstić information content (AvgIpc) is 3.62. The van der Waals surface area contributed by atoms with Gasteiger partial charge in [0, 0.05) is 17.2 Å². The average molecular weight is 731 g/mol. The number of carbonyl (C=O) groups is 3. The van der Waals surface area contributed by atoms with E-state index in [1.807, 2.05) is 0 Å². The maximum absolute atomic E-state index is 15.3. The van der Waals surface area contributed by atoms with E-state index in [2.05, 4.69) is 16.0 Å². The van der Waals surface area contributed by atoms with E-state index in [1.165, 1.54) is 43.5 Å². The monoisotopic (exact) mass is 729 g/mol. The molecule has 0 saturated heterocycles. The minimum absolute atomic E-state index is 0.0218. The molecule has 250 valence electrons. The molecule has 16 heteroatoms. The normalized spacial score (nSPS) is 16.5. The zero-order valence-electron chi connectivity index (χ0n) is 24.1. The number of hydrogen-bond donors (Lipinski definition) is 3. The van der Waals surface area contributed by atoms with E-state index in [0.29, 0.717) is 17.9 Å². The van der Waals surface area contributed by atoms with E-state index >= 15 is 4.39 Å². The fourth-order valence-corrected chi connectivity index (χ4v) is 5.93. The molecule has 0 radical (unpaired) electrons. The lowest BCUT2D eigenvalue weighted by molar-refractivity contribution is -0.140. The molecule has 0 bridgehead atoms. The van der Waals surface area contributed by atoms with Crippen molar-refractivity contribution >= 4 is 69.6 Å². The molecule has 0 aromatic heterocycles. The van der Waals surface area contributed by atoms with Crippen LogP contribution in [0.4, 0.5) is 43.4 Å². The van der Waals surface area contributed by atoms with Crippen LogP contribution in [-0.4, -0.2) is 29.2 Å². The van der Waals surface area contributed by atoms with Gasteiger partial charge in [0.2, 0.25) is 5.91 Å². The minimum Gasteiger partial charge on any atom is -0.497 e. The van der Waals surface area contributed by atoms with Crippen molar-refractivity contribution in [3.8, 4) is 5.75 Å². The Morgan fingerprint density at radius 3 is 2.12 bits per heavy atom. The predicted octanol–water partition coefficient (Wildman–Crippen LogP) is 8.82. The standard InChI is InChI=1S/C32H20Cl3F6N3O4/c1-48-17-6-2-14(3-7-17)28(45)44-27-22(37)10-11-23(26(27)38)43-29(46)18-13-16(5-8-20(18)33)42-30(47)25-24(31(25,34)35)15-4-9-21(36)19(12-15)32(39,40)41/h2-13,24-25H,1H3,(H,42,47)(H,43,46)(H,44,45)/t24-,25+/m0/s1. The van der Waals surface area contributed by atoms with Crippen molar-refractivity contribution in [3.05, 3.63) is 118 Å². The number of ether oxygens (including phenoxy) is 1. The number of hydrogen-bond acceptors (Lipinski definition) is 4. The quantitative estimate of drug-likeness (QED) is 0.125. The van der Waals surface area contributed by atoms with Gasteiger partial charge in [-0.25, -0.2) is 13.2 Å². The number of alkyl halides is 5. The molecule has 1 fully saturated rings. The highest BCUT2D eigenvalue weighted by atomic mass is 35.5. The summed E-state index contributed by atoms with van der Waals surface area (Å²) in [6.07, 6.45) is -5.00. The first-order valence-electron chi connectivity index (χ1n) is 13.6. The number of anilines is 3. The van der Waals surface area contributed by atoms with Crippen LogP contribution in [0.2, 0.25) is 5.02 Å². The summed E-state index contributed by atoms with van der Waals surface area (Å²) in [5.74, 6) is -8.55. The highest BCUT2D eigenvalue weighted by Gasteiger charge is 2.67. The lowest BCUT2D eigenvalue weighted by Crippen LogP contribution is -2.19. The van der Waals surface area contributed by atoms with Crippen molar-refractivity contribution in [3.63, 3.8) is 0 Å². The number of halogens is 9. The Labute approximate surface area is 283 Å². The van der Waals surface area contributed by atoms with Crippen molar-refractivity contribution in [1.82, 2.24) is 0 Å². The van der Waals surface area contributed by atoms with Gasteiger partial charge in [0.15, 0.2) is 5.82 Å². The van der Waals surface area contributed by atoms with Crippen molar-refractivity contribution < 1.29 is 45.5 Å². The van der Waals surface area contributed by atoms with Gasteiger partial charge < -0.3 is 20.7 Å². The first-order chi connectivity index (χ1) is 22.5. The third-order valence-electron chi connectivity index (χ3n) is 7.40. The van der Waals surface area contributed by atoms with Crippen LogP contribution in [0.25, 0.3) is 0 Å². The Hall–Kier alpha value is -4.46. The predicted molar refractivity (Wildman–Crippen MR) is 167 cm³/mol. The van der Waals surface area contributed by atoms with Crippen LogP contribution < -0.4 is 20.7 Å². The molecule has 2 atom stereocenters. The van der Waals surface area contributed by atoms with Crippen LogP contribution in [0, 0.1) is 23.4 Å². The molecule has 7 nitrogen and oxygen atoms in total. The third kappa shape index (κ3) is 7.03. The molecular formula is C32H20Cl3F6N3O4. The third-order valence-corrected chi connectivity index (χ3v) is 8.67. The van der Waals surface area contributed by atoms with Crippen molar-refractivity contribution in [1.29, 1.82) is 0 Å². The zero-order chi connectivity index (χ0) is 35.1. The van der Waals surface area contributed by atoms with Crippen molar-refractivity contribution in [2.24, 2.45) is 5.92 Å². The van der Waals surface area contributed by atoms with Crippen LogP contribution in [0.5, 0.6) is 5.75 Å². The number of rotatable bonds is 8. The van der Waals surface area contributed by atoms with Gasteiger partial charge in [-0.05, 0) is 72.3 Å². The number of methoxy groups -OCH3 is 1. The lowest BCUT2D eigenvalue weighted by Gasteiger charge is -2.14. The number of carbonyl (C=O) groups excluding carboxylic acids is 3. The minimum atomic E-state index is -5.00. The summed E-state index contributed by atoms with van der Waals surface area (Å²) in [6, 6.07) is 13.2. The van der Waals surface area contributed by atoms with Crippen LogP contribution >= 0.6 is 34.8 Å². The zero-order valence-corrected chi connectivity index (χ0v) is 26.4. The van der Waals surface area contributed by atoms with Crippen LogP contribution in [0.15, 0.2) is 72.8 Å². The molecule has 0 heterocycles. The van der Waals surface area contributed by atoms with Crippen LogP contribution in [0.1, 0.15) is 37.8 Å². The molecule has 1 aliphatic rings. The van der Waals surface area contributed by atoms with Gasteiger partial charge >= 0.3 is 6.18 Å². The molecule has 0 unspecified atom stereocenters. The summed E-state index contributed by atoms with van der Waals surface area (Å²) in [5.41, 5.74) is -3.26. The molecule has 1 saturated carbocycles. The van der Waals surface area contributed by atoms with Gasteiger partial charge in [-0.2, -0.15) is 13.2 Å². The Balaban J connectivity index is 1.31. The SMILES string of the molecule is COc1ccc(C(=O)Nc2c(F)ccc(NC(=O)c3cc(NC(=O)[C@H]4[C@H](c5ccc(F)c(C(F)(F)F)c5)C4(Cl)Cl)ccc3Cl)c2F)cc1. The van der Waals surface area contributed by atoms with Gasteiger partial charge in [0.1, 0.15) is 27.4 Å². The molecule has 5 rings (SSSR count). The summed E-state index contributed by atoms with van der Waals surface area (Å²) in [5, 5.41) is 6.67. The van der Waals surface area contributed by atoms with Crippen LogP contribution in [-0.2, 0) is 11.0 Å². The molecule has 1 aliphatic carbocycles. The maximum atomic E-state index is 15.3. The Kier molecular flexibility index (Phi) is 9.60. The number of nitrogens with one attached hydrogen (secondary N) is 3. The summed E-state index contributed by atoms with van der Waals surface area (Å²) in [4.78, 5) is 38.8. The fraction of sp³-hybridized carbons (Fsp3) is 0.156. The van der Waals surface area contributed by atoms with E-state index < -0.39 is 74.5 Å². The van der Waals surface area contributed by atoms with E-state index in [-0.39, 0.29) is 27.4 Å². The van der Waals surface area contributed by atoms with Gasteiger partial charge in [-0.3, -0.25) is 14.4 Å². The second-order valence-corrected chi connectivity index (χ2v) is 12.3. The molecule has 3 amide bonds. The molecule has 3 N–H and O–H groups in total. The van der Waals surface area contributed by atoms with Gasteiger partial charge in [-0.1, -0.05) is 17.7 Å². The summed E-state index contributed by atoms with van der Waals surface area (Å²) in [6.45, 7) is 0. The molecule has 0 spiro atoms. The molecule has 4 aromatic rings. The van der Waals surface area contributed by atoms with E-state index in [4.69, 9.17) is 39.5 Å². The van der Waals surface area contributed by atoms with Gasteiger partial charge in [0.25, 0.3) is 11.8 Å². The Morgan fingerprint density at radius 2 is 1.48 bits per heavy atom. The summed E-state index contributed by atoms with van der Waals surface area (Å²) in [7, 11) is 1.42. The van der Waals surface area contributed by atoms with Gasteiger partial charge in [-0.15, -0.1) is 23.2 Å². The fourth-order valence-electron chi connectivity index (χ4n) is 4.90. The Bertz CT molecular complexity index is 1940. The smallest absolute Gasteiger partial charge is 0.419 e. The van der Waals surface area contributed by atoms with Gasteiger partial charge in [0.05, 0.1) is 34.9 Å². The van der Waals surface area contributed by atoms with Crippen molar-refractivity contribution in [2.45, 2.75) is 16.4 Å². The second-order valence-electron chi connectivity index (χ2n) is 10.5. The lowest BCUT2D eigenvalue weighted by atomic mass is 10.0. The van der Waals surface area contributed by atoms with Crippen molar-refractivity contribution in [2.75, 3.05) is 23.1 Å². The van der Waals surface area contributed by atoms with Crippen LogP contribution in [0.3, 0.4) is 0 Å². The molecule has 0 aliphatic heterocycles. The first-order valence-corrected chi connectivity index (χ1v) is 14.8. The molecule has 48 heavy (non-hydrogen) atoms. The number of amides is 3. The highest BCUT2D eigenvalue weighted by Crippen LogP contribution is 2.65. The maximum Gasteiger partial charge on any atom is 0.419 e. The summed E-state index contributed by atoms with van der Waals surface area (Å²) >= 11 is 18.7. The Morgan fingerprint density at radius 1 is 0.812 bits per heavy atom. The second kappa shape index (κ2) is 13.2. The summed E-state index contributed by atoms with van der Waals surface area (Å²) < 4.78 is 86.5. The highest BCUT2D eigenvalue weighted by molar-refractivity contribution is 6.53. The van der Waals surface area contributed by atoms with E-state index in [1.54, 1.807) is 0 Å². The topological polar surface area (TPSA) is 96.5 Å². The largest absolute Gasteiger partial charge is 0.497 e. The number of benzene rings is 4. The molecule has 4 aromatic carbocycles. The van der Waals surface area contributed by atoms with E-state index in [9.17, 15) is 36.3 Å². The van der Waals surface area contributed by atoms with E-state index in [0.717, 1.165) is 24.3 Å².